The molecule has 1 atom stereocenters. The normalized spacial score (nSPS) is 11.9. The van der Waals surface area contributed by atoms with Gasteiger partial charge >= 0.3 is 0 Å². The molecule has 0 aliphatic carbocycles. The molecule has 4 heteroatoms. The van der Waals surface area contributed by atoms with Crippen molar-refractivity contribution in [3.05, 3.63) is 65.7 Å². The van der Waals surface area contributed by atoms with E-state index in [0.717, 1.165) is 24.3 Å². The van der Waals surface area contributed by atoms with Crippen LogP contribution in [0.2, 0.25) is 0 Å². The summed E-state index contributed by atoms with van der Waals surface area (Å²) in [5, 5.41) is 3.14. The fourth-order valence-electron chi connectivity index (χ4n) is 2.10. The molecule has 2 rings (SSSR count). The van der Waals surface area contributed by atoms with Crippen molar-refractivity contribution in [3.63, 3.8) is 0 Å². The average Bonchev–Trinajstić information content (AvgIpc) is 2.52. The molecule has 0 bridgehead atoms. The summed E-state index contributed by atoms with van der Waals surface area (Å²) in [4.78, 5) is 11.1. The number of nitrogens with two attached hydrogens (primary N) is 1. The van der Waals surface area contributed by atoms with Crippen molar-refractivity contribution in [3.8, 4) is 5.75 Å². The minimum atomic E-state index is -0.434. The van der Waals surface area contributed by atoms with Crippen LogP contribution < -0.4 is 15.8 Å². The van der Waals surface area contributed by atoms with E-state index >= 15 is 0 Å². The third-order valence-corrected chi connectivity index (χ3v) is 3.25. The molecule has 21 heavy (non-hydrogen) atoms. The second-order valence-electron chi connectivity index (χ2n) is 4.80. The van der Waals surface area contributed by atoms with E-state index in [9.17, 15) is 4.79 Å². The van der Waals surface area contributed by atoms with Crippen molar-refractivity contribution >= 4 is 5.91 Å². The Bertz CT molecular complexity index is 567. The summed E-state index contributed by atoms with van der Waals surface area (Å²) < 4.78 is 6.05. The van der Waals surface area contributed by atoms with Gasteiger partial charge in [-0.1, -0.05) is 30.3 Å². The van der Waals surface area contributed by atoms with E-state index in [-0.39, 0.29) is 6.10 Å². The molecule has 0 saturated heterocycles. The molecule has 4 nitrogen and oxygen atoms in total. The van der Waals surface area contributed by atoms with Gasteiger partial charge in [-0.25, -0.2) is 0 Å². The van der Waals surface area contributed by atoms with Crippen LogP contribution in [0, 0.1) is 0 Å². The lowest BCUT2D eigenvalue weighted by atomic mass is 10.1. The zero-order chi connectivity index (χ0) is 15.1. The molecule has 1 amide bonds. The predicted octanol–water partition coefficient (Wildman–Crippen LogP) is 2.52. The van der Waals surface area contributed by atoms with Gasteiger partial charge in [0.05, 0.1) is 0 Å². The molecule has 0 fully saturated rings. The fraction of sp³-hybridized carbons (Fsp3) is 0.235. The van der Waals surface area contributed by atoms with Gasteiger partial charge in [0.15, 0.2) is 0 Å². The van der Waals surface area contributed by atoms with Crippen LogP contribution in [0.4, 0.5) is 0 Å². The van der Waals surface area contributed by atoms with E-state index in [4.69, 9.17) is 10.5 Å². The summed E-state index contributed by atoms with van der Waals surface area (Å²) in [7, 11) is 1.92. The molecule has 0 radical (unpaired) electrons. The Morgan fingerprint density at radius 2 is 1.81 bits per heavy atom. The van der Waals surface area contributed by atoms with Gasteiger partial charge in [0.1, 0.15) is 11.9 Å². The van der Waals surface area contributed by atoms with Crippen molar-refractivity contribution in [2.24, 2.45) is 5.73 Å². The Kier molecular flexibility index (Phi) is 5.35. The predicted molar refractivity (Wildman–Crippen MR) is 83.3 cm³/mol. The van der Waals surface area contributed by atoms with E-state index in [1.165, 1.54) is 0 Å². The van der Waals surface area contributed by atoms with Gasteiger partial charge in [0.25, 0.3) is 0 Å². The van der Waals surface area contributed by atoms with Gasteiger partial charge in [-0.15, -0.1) is 0 Å². The van der Waals surface area contributed by atoms with Crippen molar-refractivity contribution in [1.29, 1.82) is 0 Å². The number of hydrogen-bond donors (Lipinski definition) is 2. The van der Waals surface area contributed by atoms with Crippen LogP contribution in [-0.4, -0.2) is 19.5 Å². The van der Waals surface area contributed by atoms with Crippen LogP contribution in [0.25, 0.3) is 0 Å². The highest BCUT2D eigenvalue weighted by Gasteiger charge is 2.13. The number of primary amides is 1. The summed E-state index contributed by atoms with van der Waals surface area (Å²) in [6.07, 6.45) is 0.830. The standard InChI is InChI=1S/C17H20N2O2/c1-19-12-11-16(13-5-3-2-4-6-13)21-15-9-7-14(8-10-15)17(18)20/h2-10,16,19H,11-12H2,1H3,(H2,18,20). The summed E-state index contributed by atoms with van der Waals surface area (Å²) in [6, 6.07) is 17.0. The second kappa shape index (κ2) is 7.45. The van der Waals surface area contributed by atoms with Gasteiger partial charge in [0, 0.05) is 12.0 Å². The first-order valence-corrected chi connectivity index (χ1v) is 6.97. The largest absolute Gasteiger partial charge is 0.486 e. The Balaban J connectivity index is 2.12. The maximum absolute atomic E-state index is 11.1. The lowest BCUT2D eigenvalue weighted by molar-refractivity contribution is 0.1000. The van der Waals surface area contributed by atoms with Crippen LogP contribution in [0.15, 0.2) is 54.6 Å². The molecule has 0 aliphatic rings. The smallest absolute Gasteiger partial charge is 0.248 e. The molecule has 2 aromatic carbocycles. The maximum atomic E-state index is 11.1. The summed E-state index contributed by atoms with van der Waals surface area (Å²) in [5.41, 5.74) is 6.85. The number of amides is 1. The number of hydrogen-bond acceptors (Lipinski definition) is 3. The third-order valence-electron chi connectivity index (χ3n) is 3.25. The van der Waals surface area contributed by atoms with Gasteiger partial charge in [-0.2, -0.15) is 0 Å². The highest BCUT2D eigenvalue weighted by Crippen LogP contribution is 2.24. The maximum Gasteiger partial charge on any atom is 0.248 e. The van der Waals surface area contributed by atoms with Crippen LogP contribution in [0.1, 0.15) is 28.4 Å². The first-order valence-electron chi connectivity index (χ1n) is 6.97. The molecular formula is C17H20N2O2. The Hall–Kier alpha value is -2.33. The number of rotatable bonds is 7. The fourth-order valence-corrected chi connectivity index (χ4v) is 2.10. The minimum absolute atomic E-state index is 0.0296. The summed E-state index contributed by atoms with van der Waals surface area (Å²) in [6.45, 7) is 0.860. The van der Waals surface area contributed by atoms with Crippen LogP contribution in [0.5, 0.6) is 5.75 Å². The van der Waals surface area contributed by atoms with Gasteiger partial charge in [-0.3, -0.25) is 4.79 Å². The number of nitrogens with one attached hydrogen (secondary N) is 1. The molecule has 1 unspecified atom stereocenters. The zero-order valence-electron chi connectivity index (χ0n) is 12.1. The van der Waals surface area contributed by atoms with Crippen LogP contribution >= 0.6 is 0 Å². The van der Waals surface area contributed by atoms with E-state index in [1.807, 2.05) is 25.2 Å². The van der Waals surface area contributed by atoms with Crippen molar-refractivity contribution in [2.75, 3.05) is 13.6 Å². The van der Waals surface area contributed by atoms with E-state index in [2.05, 4.69) is 17.4 Å². The lowest BCUT2D eigenvalue weighted by Gasteiger charge is -2.19. The Labute approximate surface area is 124 Å². The summed E-state index contributed by atoms with van der Waals surface area (Å²) in [5.74, 6) is 0.293. The number of carbonyl (C=O) groups excluding carboxylic acids is 1. The van der Waals surface area contributed by atoms with E-state index in [0.29, 0.717) is 5.56 Å². The van der Waals surface area contributed by atoms with Crippen molar-refractivity contribution < 1.29 is 9.53 Å². The molecule has 0 saturated carbocycles. The van der Waals surface area contributed by atoms with Gasteiger partial charge in [-0.05, 0) is 43.4 Å². The molecule has 2 aromatic rings. The Morgan fingerprint density at radius 1 is 1.14 bits per heavy atom. The number of benzene rings is 2. The summed E-state index contributed by atoms with van der Waals surface area (Å²) >= 11 is 0. The topological polar surface area (TPSA) is 64.3 Å². The molecule has 110 valence electrons. The van der Waals surface area contributed by atoms with Crippen LogP contribution in [-0.2, 0) is 0 Å². The average molecular weight is 284 g/mol. The first-order chi connectivity index (χ1) is 10.2. The van der Waals surface area contributed by atoms with Crippen molar-refractivity contribution in [2.45, 2.75) is 12.5 Å². The van der Waals surface area contributed by atoms with Gasteiger partial charge < -0.3 is 15.8 Å². The Morgan fingerprint density at radius 3 is 2.38 bits per heavy atom. The molecule has 0 aliphatic heterocycles. The molecule has 3 N–H and O–H groups in total. The first kappa shape index (κ1) is 15.1. The number of ether oxygens (including phenoxy) is 1. The lowest BCUT2D eigenvalue weighted by Crippen LogP contribution is -2.16. The SMILES string of the molecule is CNCCC(Oc1ccc(C(N)=O)cc1)c1ccccc1. The minimum Gasteiger partial charge on any atom is -0.486 e. The molecule has 0 spiro atoms. The highest BCUT2D eigenvalue weighted by molar-refractivity contribution is 5.92. The van der Waals surface area contributed by atoms with Gasteiger partial charge in [0.2, 0.25) is 5.91 Å². The number of carbonyl (C=O) groups is 1. The van der Waals surface area contributed by atoms with Crippen molar-refractivity contribution in [1.82, 2.24) is 5.32 Å². The van der Waals surface area contributed by atoms with Crippen LogP contribution in [0.3, 0.4) is 0 Å². The molecular weight excluding hydrogens is 264 g/mol. The monoisotopic (exact) mass is 284 g/mol. The van der Waals surface area contributed by atoms with E-state index in [1.54, 1.807) is 24.3 Å². The molecule has 0 heterocycles. The zero-order valence-corrected chi connectivity index (χ0v) is 12.1. The quantitative estimate of drug-likeness (QED) is 0.821. The van der Waals surface area contributed by atoms with E-state index < -0.39 is 5.91 Å². The molecule has 0 aromatic heterocycles. The second-order valence-corrected chi connectivity index (χ2v) is 4.80. The highest BCUT2D eigenvalue weighted by atomic mass is 16.5. The third kappa shape index (κ3) is 4.33.